The Kier molecular flexibility index (Phi) is 4.59. The highest BCUT2D eigenvalue weighted by atomic mass is 32.2. The average Bonchev–Trinajstić information content (AvgIpc) is 3.41. The molecule has 0 unspecified atom stereocenters. The van der Waals surface area contributed by atoms with E-state index in [1.165, 1.54) is 11.1 Å². The number of hydrogen-bond acceptors (Lipinski definition) is 5. The molecule has 2 atom stereocenters. The number of likely N-dealkylation sites (tertiary alicyclic amines) is 1. The normalized spacial score (nSPS) is 24.2. The summed E-state index contributed by atoms with van der Waals surface area (Å²) >= 11 is 3.22. The molecule has 2 fully saturated rings. The van der Waals surface area contributed by atoms with Crippen LogP contribution in [0.2, 0.25) is 0 Å². The van der Waals surface area contributed by atoms with Gasteiger partial charge in [-0.25, -0.2) is 4.79 Å². The molecular weight excluding hydrogens is 392 g/mol. The Morgan fingerprint density at radius 3 is 2.71 bits per heavy atom. The second-order valence-corrected chi connectivity index (χ2v) is 9.71. The van der Waals surface area contributed by atoms with Gasteiger partial charge in [-0.3, -0.25) is 9.69 Å². The smallest absolute Gasteiger partial charge is 0.411 e. The van der Waals surface area contributed by atoms with Gasteiger partial charge in [0.25, 0.3) is 5.91 Å². The highest BCUT2D eigenvalue weighted by molar-refractivity contribution is 8.00. The lowest BCUT2D eigenvalue weighted by atomic mass is 9.99. The first kappa shape index (κ1) is 18.1. The second-order valence-electron chi connectivity index (χ2n) is 7.52. The van der Waals surface area contributed by atoms with Crippen LogP contribution in [0.1, 0.15) is 39.7 Å². The van der Waals surface area contributed by atoms with E-state index in [9.17, 15) is 9.59 Å². The molecule has 7 heteroatoms. The van der Waals surface area contributed by atoms with Crippen molar-refractivity contribution in [1.82, 2.24) is 9.80 Å². The van der Waals surface area contributed by atoms with Crippen molar-refractivity contribution in [3.8, 4) is 0 Å². The monoisotopic (exact) mass is 414 g/mol. The zero-order chi connectivity index (χ0) is 19.3. The average molecular weight is 415 g/mol. The molecule has 3 heterocycles. The largest absolute Gasteiger partial charge is 0.443 e. The quantitative estimate of drug-likeness (QED) is 0.707. The molecule has 1 aliphatic carbocycles. The fraction of sp³-hybridized carbons (Fsp3) is 0.429. The Morgan fingerprint density at radius 2 is 1.96 bits per heavy atom. The summed E-state index contributed by atoms with van der Waals surface area (Å²) in [4.78, 5) is 30.1. The summed E-state index contributed by atoms with van der Waals surface area (Å²) in [5, 5.41) is 0. The van der Waals surface area contributed by atoms with Crippen LogP contribution in [0.15, 0.2) is 40.6 Å². The number of carbonyl (C=O) groups is 2. The SMILES string of the molecule is CSc1ccc(C(=O)N2CCC(N3C(=O)O[C@H]4Cc5ccccc5[C@H]43)CC2)s1. The second kappa shape index (κ2) is 7.12. The molecule has 2 saturated heterocycles. The molecule has 146 valence electrons. The maximum Gasteiger partial charge on any atom is 0.411 e. The van der Waals surface area contributed by atoms with E-state index in [4.69, 9.17) is 4.74 Å². The van der Waals surface area contributed by atoms with Crippen LogP contribution in [0.3, 0.4) is 0 Å². The van der Waals surface area contributed by atoms with Crippen LogP contribution in [0.4, 0.5) is 4.79 Å². The molecule has 0 saturated carbocycles. The van der Waals surface area contributed by atoms with Crippen molar-refractivity contribution in [3.05, 3.63) is 52.4 Å². The van der Waals surface area contributed by atoms with E-state index in [1.807, 2.05) is 40.3 Å². The number of piperidine rings is 1. The number of amides is 2. The minimum Gasteiger partial charge on any atom is -0.443 e. The van der Waals surface area contributed by atoms with Gasteiger partial charge in [-0.15, -0.1) is 23.1 Å². The van der Waals surface area contributed by atoms with Crippen LogP contribution in [-0.4, -0.2) is 53.3 Å². The topological polar surface area (TPSA) is 49.9 Å². The van der Waals surface area contributed by atoms with Crippen molar-refractivity contribution in [2.75, 3.05) is 19.3 Å². The number of rotatable bonds is 3. The Labute approximate surface area is 172 Å². The Balaban J connectivity index is 1.29. The summed E-state index contributed by atoms with van der Waals surface area (Å²) in [6, 6.07) is 12.4. The van der Waals surface area contributed by atoms with Crippen molar-refractivity contribution in [2.45, 2.75) is 41.7 Å². The molecule has 0 radical (unpaired) electrons. The third-order valence-electron chi connectivity index (χ3n) is 6.05. The van der Waals surface area contributed by atoms with Gasteiger partial charge in [0.05, 0.1) is 15.1 Å². The van der Waals surface area contributed by atoms with Gasteiger partial charge in [-0.05, 0) is 42.4 Å². The van der Waals surface area contributed by atoms with E-state index < -0.39 is 0 Å². The van der Waals surface area contributed by atoms with Crippen LogP contribution >= 0.6 is 23.1 Å². The predicted molar refractivity (Wildman–Crippen MR) is 110 cm³/mol. The van der Waals surface area contributed by atoms with Gasteiger partial charge < -0.3 is 9.64 Å². The number of carbonyl (C=O) groups excluding carboxylic acids is 2. The number of nitrogens with zero attached hydrogens (tertiary/aromatic N) is 2. The first-order valence-corrected chi connectivity index (χ1v) is 11.7. The molecule has 0 bridgehead atoms. The first-order valence-electron chi connectivity index (χ1n) is 9.65. The lowest BCUT2D eigenvalue weighted by molar-refractivity contribution is 0.0640. The highest BCUT2D eigenvalue weighted by Crippen LogP contribution is 2.44. The third kappa shape index (κ3) is 2.92. The third-order valence-corrected chi connectivity index (χ3v) is 8.20. The van der Waals surface area contributed by atoms with E-state index in [0.717, 1.165) is 28.3 Å². The Bertz CT molecular complexity index is 920. The van der Waals surface area contributed by atoms with Crippen molar-refractivity contribution in [2.24, 2.45) is 0 Å². The van der Waals surface area contributed by atoms with E-state index in [1.54, 1.807) is 23.1 Å². The maximum atomic E-state index is 12.8. The number of hydrogen-bond donors (Lipinski definition) is 0. The minimum absolute atomic E-state index is 0.0254. The van der Waals surface area contributed by atoms with Crippen LogP contribution < -0.4 is 0 Å². The predicted octanol–water partition coefficient (Wildman–Crippen LogP) is 4.19. The van der Waals surface area contributed by atoms with E-state index in [0.29, 0.717) is 13.1 Å². The summed E-state index contributed by atoms with van der Waals surface area (Å²) in [6.45, 7) is 1.36. The van der Waals surface area contributed by atoms with Gasteiger partial charge in [-0.2, -0.15) is 0 Å². The van der Waals surface area contributed by atoms with Crippen molar-refractivity contribution < 1.29 is 14.3 Å². The van der Waals surface area contributed by atoms with Gasteiger partial charge in [0, 0.05) is 25.6 Å². The molecule has 0 spiro atoms. The van der Waals surface area contributed by atoms with E-state index in [-0.39, 0.29) is 30.2 Å². The lowest BCUT2D eigenvalue weighted by Crippen LogP contribution is -2.47. The molecule has 1 aromatic heterocycles. The molecule has 5 nitrogen and oxygen atoms in total. The first-order chi connectivity index (χ1) is 13.7. The number of ether oxygens (including phenoxy) is 1. The van der Waals surface area contributed by atoms with E-state index in [2.05, 4.69) is 12.1 Å². The van der Waals surface area contributed by atoms with Crippen molar-refractivity contribution in [1.29, 1.82) is 0 Å². The zero-order valence-electron chi connectivity index (χ0n) is 15.7. The number of thioether (sulfide) groups is 1. The van der Waals surface area contributed by atoms with E-state index >= 15 is 0 Å². The van der Waals surface area contributed by atoms with Gasteiger partial charge >= 0.3 is 6.09 Å². The molecule has 2 aliphatic heterocycles. The van der Waals surface area contributed by atoms with Crippen LogP contribution in [0.5, 0.6) is 0 Å². The van der Waals surface area contributed by atoms with Crippen molar-refractivity contribution >= 4 is 35.1 Å². The molecule has 0 N–H and O–H groups in total. The molecule has 2 aromatic rings. The molecular formula is C21H22N2O3S2. The molecule has 5 rings (SSSR count). The zero-order valence-corrected chi connectivity index (χ0v) is 17.3. The lowest BCUT2D eigenvalue weighted by Gasteiger charge is -2.37. The maximum absolute atomic E-state index is 12.8. The molecule has 2 amide bonds. The fourth-order valence-electron chi connectivity index (χ4n) is 4.70. The fourth-order valence-corrected chi connectivity index (χ4v) is 6.21. The van der Waals surface area contributed by atoms with Gasteiger partial charge in [0.1, 0.15) is 6.10 Å². The summed E-state index contributed by atoms with van der Waals surface area (Å²) in [6.07, 6.45) is 4.16. The molecule has 1 aromatic carbocycles. The molecule has 28 heavy (non-hydrogen) atoms. The number of fused-ring (bicyclic) bond motifs is 3. The Hall–Kier alpha value is -1.99. The van der Waals surface area contributed by atoms with Crippen LogP contribution in [0, 0.1) is 0 Å². The van der Waals surface area contributed by atoms with Crippen LogP contribution in [-0.2, 0) is 11.2 Å². The van der Waals surface area contributed by atoms with Gasteiger partial charge in [-0.1, -0.05) is 24.3 Å². The summed E-state index contributed by atoms with van der Waals surface area (Å²) < 4.78 is 6.85. The standard InChI is InChI=1S/C21H22N2O3S2/c1-27-18-7-6-17(28-18)20(24)22-10-8-14(9-11-22)23-19-15-5-3-2-4-13(15)12-16(19)26-21(23)25/h2-7,14,16,19H,8-12H2,1H3/t16-,19+/m0/s1. The van der Waals surface area contributed by atoms with Gasteiger partial charge in [0.2, 0.25) is 0 Å². The molecule has 3 aliphatic rings. The minimum atomic E-state index is -0.197. The Morgan fingerprint density at radius 1 is 1.18 bits per heavy atom. The van der Waals surface area contributed by atoms with Crippen LogP contribution in [0.25, 0.3) is 0 Å². The summed E-state index contributed by atoms with van der Waals surface area (Å²) in [5.74, 6) is 0.108. The van der Waals surface area contributed by atoms with Gasteiger partial charge in [0.15, 0.2) is 0 Å². The highest BCUT2D eigenvalue weighted by Gasteiger charge is 2.50. The summed E-state index contributed by atoms with van der Waals surface area (Å²) in [5.41, 5.74) is 2.50. The van der Waals surface area contributed by atoms with Crippen molar-refractivity contribution in [3.63, 3.8) is 0 Å². The summed E-state index contributed by atoms with van der Waals surface area (Å²) in [7, 11) is 0. The number of thiophene rings is 1. The number of benzene rings is 1.